The zero-order valence-electron chi connectivity index (χ0n) is 13.5. The molecule has 1 saturated heterocycles. The number of hydrogen-bond donors (Lipinski definition) is 0. The molecule has 1 aromatic carbocycles. The molecular formula is C16H23NO4S. The highest BCUT2D eigenvalue weighted by Crippen LogP contribution is 2.32. The van der Waals surface area contributed by atoms with Crippen LogP contribution in [0.1, 0.15) is 30.9 Å². The SMILES string of the molecule is COc1cc(C)c(C)cc1S(=O)(=O)N1CCC(C(C)=O)CC1. The van der Waals surface area contributed by atoms with Crippen LogP contribution in [0, 0.1) is 19.8 Å². The minimum atomic E-state index is -3.60. The molecule has 1 aromatic rings. The van der Waals surface area contributed by atoms with Gasteiger partial charge in [0.2, 0.25) is 10.0 Å². The van der Waals surface area contributed by atoms with Crippen molar-refractivity contribution in [3.63, 3.8) is 0 Å². The maximum atomic E-state index is 12.9. The van der Waals surface area contributed by atoms with E-state index in [-0.39, 0.29) is 16.6 Å². The number of carbonyl (C=O) groups is 1. The molecule has 0 aromatic heterocycles. The van der Waals surface area contributed by atoms with Crippen molar-refractivity contribution < 1.29 is 17.9 Å². The Labute approximate surface area is 132 Å². The predicted octanol–water partition coefficient (Wildman–Crippen LogP) is 2.30. The van der Waals surface area contributed by atoms with Gasteiger partial charge < -0.3 is 4.74 Å². The smallest absolute Gasteiger partial charge is 0.246 e. The van der Waals surface area contributed by atoms with Crippen molar-refractivity contribution in [2.24, 2.45) is 5.92 Å². The second-order valence-corrected chi connectivity index (χ2v) is 7.78. The molecule has 0 N–H and O–H groups in total. The zero-order chi connectivity index (χ0) is 16.5. The molecule has 0 bridgehead atoms. The van der Waals surface area contributed by atoms with Gasteiger partial charge in [0.15, 0.2) is 0 Å². The van der Waals surface area contributed by atoms with Crippen LogP contribution in [0.3, 0.4) is 0 Å². The van der Waals surface area contributed by atoms with E-state index in [9.17, 15) is 13.2 Å². The second kappa shape index (κ2) is 6.38. The van der Waals surface area contributed by atoms with Crippen molar-refractivity contribution >= 4 is 15.8 Å². The Morgan fingerprint density at radius 3 is 2.23 bits per heavy atom. The minimum absolute atomic E-state index is 0.0203. The normalized spacial score (nSPS) is 17.5. The molecule has 0 spiro atoms. The van der Waals surface area contributed by atoms with Gasteiger partial charge in [-0.3, -0.25) is 4.79 Å². The molecule has 1 aliphatic rings. The molecule has 2 rings (SSSR count). The Balaban J connectivity index is 2.32. The van der Waals surface area contributed by atoms with Gasteiger partial charge in [0.25, 0.3) is 0 Å². The van der Waals surface area contributed by atoms with E-state index in [0.717, 1.165) is 11.1 Å². The largest absolute Gasteiger partial charge is 0.495 e. The van der Waals surface area contributed by atoms with Crippen molar-refractivity contribution in [2.75, 3.05) is 20.2 Å². The summed E-state index contributed by atoms with van der Waals surface area (Å²) in [5.74, 6) is 0.491. The highest BCUT2D eigenvalue weighted by Gasteiger charge is 2.32. The topological polar surface area (TPSA) is 63.7 Å². The number of carbonyl (C=O) groups excluding carboxylic acids is 1. The first-order valence-electron chi connectivity index (χ1n) is 7.43. The van der Waals surface area contributed by atoms with Gasteiger partial charge in [-0.2, -0.15) is 4.31 Å². The first kappa shape index (κ1) is 17.0. The molecule has 0 saturated carbocycles. The summed E-state index contributed by atoms with van der Waals surface area (Å²) in [5, 5.41) is 0. The fourth-order valence-corrected chi connectivity index (χ4v) is 4.46. The summed E-state index contributed by atoms with van der Waals surface area (Å²) in [7, 11) is -2.12. The van der Waals surface area contributed by atoms with Gasteiger partial charge in [0.05, 0.1) is 7.11 Å². The van der Waals surface area contributed by atoms with Gasteiger partial charge in [-0.25, -0.2) is 8.42 Å². The van der Waals surface area contributed by atoms with E-state index in [1.165, 1.54) is 11.4 Å². The maximum Gasteiger partial charge on any atom is 0.246 e. The van der Waals surface area contributed by atoms with Gasteiger partial charge in [-0.05, 0) is 56.9 Å². The van der Waals surface area contributed by atoms with E-state index in [1.807, 2.05) is 13.8 Å². The van der Waals surface area contributed by atoms with Crippen LogP contribution in [0.2, 0.25) is 0 Å². The number of benzene rings is 1. The van der Waals surface area contributed by atoms with Crippen LogP contribution in [0.25, 0.3) is 0 Å². The number of ketones is 1. The summed E-state index contributed by atoms with van der Waals surface area (Å²) in [6.07, 6.45) is 1.17. The Morgan fingerprint density at radius 2 is 1.73 bits per heavy atom. The van der Waals surface area contributed by atoms with Gasteiger partial charge in [0.1, 0.15) is 16.4 Å². The van der Waals surface area contributed by atoms with E-state index in [2.05, 4.69) is 0 Å². The monoisotopic (exact) mass is 325 g/mol. The summed E-state index contributed by atoms with van der Waals surface area (Å²) in [5.41, 5.74) is 1.91. The second-order valence-electron chi connectivity index (χ2n) is 5.88. The molecule has 0 unspecified atom stereocenters. The molecule has 0 amide bonds. The summed E-state index contributed by atoms with van der Waals surface area (Å²) in [6, 6.07) is 3.42. The van der Waals surface area contributed by atoms with Crippen LogP contribution in [0.15, 0.2) is 17.0 Å². The quantitative estimate of drug-likeness (QED) is 0.852. The van der Waals surface area contributed by atoms with Crippen molar-refractivity contribution in [3.8, 4) is 5.75 Å². The molecule has 1 aliphatic heterocycles. The van der Waals surface area contributed by atoms with Crippen LogP contribution >= 0.6 is 0 Å². The lowest BCUT2D eigenvalue weighted by Crippen LogP contribution is -2.40. The number of piperidine rings is 1. The predicted molar refractivity (Wildman–Crippen MR) is 84.6 cm³/mol. The third kappa shape index (κ3) is 3.17. The summed E-state index contributed by atoms with van der Waals surface area (Å²) in [6.45, 7) is 6.13. The fraction of sp³-hybridized carbons (Fsp3) is 0.562. The van der Waals surface area contributed by atoms with Crippen molar-refractivity contribution in [3.05, 3.63) is 23.3 Å². The van der Waals surface area contributed by atoms with E-state index >= 15 is 0 Å². The fourth-order valence-electron chi connectivity index (χ4n) is 2.77. The van der Waals surface area contributed by atoms with Crippen molar-refractivity contribution in [2.45, 2.75) is 38.5 Å². The Bertz CT molecular complexity index is 674. The Hall–Kier alpha value is -1.40. The third-order valence-electron chi connectivity index (χ3n) is 4.43. The zero-order valence-corrected chi connectivity index (χ0v) is 14.4. The molecule has 22 heavy (non-hydrogen) atoms. The Kier molecular flexibility index (Phi) is 4.92. The maximum absolute atomic E-state index is 12.9. The minimum Gasteiger partial charge on any atom is -0.495 e. The number of hydrogen-bond acceptors (Lipinski definition) is 4. The van der Waals surface area contributed by atoms with Gasteiger partial charge in [0, 0.05) is 19.0 Å². The number of Topliss-reactive ketones (excluding diaryl/α,β-unsaturated/α-hetero) is 1. The van der Waals surface area contributed by atoms with Crippen molar-refractivity contribution in [1.82, 2.24) is 4.31 Å². The summed E-state index contributed by atoms with van der Waals surface area (Å²) >= 11 is 0. The highest BCUT2D eigenvalue weighted by molar-refractivity contribution is 7.89. The molecule has 0 radical (unpaired) electrons. The molecule has 6 heteroatoms. The number of aryl methyl sites for hydroxylation is 2. The number of nitrogens with zero attached hydrogens (tertiary/aromatic N) is 1. The molecule has 5 nitrogen and oxygen atoms in total. The van der Waals surface area contributed by atoms with E-state index in [1.54, 1.807) is 19.1 Å². The van der Waals surface area contributed by atoms with Crippen LogP contribution in [0.4, 0.5) is 0 Å². The van der Waals surface area contributed by atoms with Gasteiger partial charge >= 0.3 is 0 Å². The van der Waals surface area contributed by atoms with Gasteiger partial charge in [-0.1, -0.05) is 0 Å². The Morgan fingerprint density at radius 1 is 1.18 bits per heavy atom. The summed E-state index contributed by atoms with van der Waals surface area (Å²) in [4.78, 5) is 11.6. The first-order valence-corrected chi connectivity index (χ1v) is 8.87. The van der Waals surface area contributed by atoms with Gasteiger partial charge in [-0.15, -0.1) is 0 Å². The van der Waals surface area contributed by atoms with Crippen LogP contribution in [0.5, 0.6) is 5.75 Å². The van der Waals surface area contributed by atoms with Crippen molar-refractivity contribution in [1.29, 1.82) is 0 Å². The highest BCUT2D eigenvalue weighted by atomic mass is 32.2. The first-order chi connectivity index (χ1) is 10.3. The molecule has 0 aliphatic carbocycles. The number of rotatable bonds is 4. The number of sulfonamides is 1. The standard InChI is InChI=1S/C16H23NO4S/c1-11-9-15(21-4)16(10-12(11)2)22(19,20)17-7-5-14(6-8-17)13(3)18/h9-10,14H,5-8H2,1-4H3. The van der Waals surface area contributed by atoms with Crippen LogP contribution < -0.4 is 4.74 Å². The number of methoxy groups -OCH3 is 1. The lowest BCUT2D eigenvalue weighted by atomic mass is 9.95. The molecule has 122 valence electrons. The summed E-state index contributed by atoms with van der Waals surface area (Å²) < 4.78 is 32.5. The average Bonchev–Trinajstić information content (AvgIpc) is 2.49. The van der Waals surface area contributed by atoms with Crippen LogP contribution in [-0.4, -0.2) is 38.7 Å². The molecular weight excluding hydrogens is 302 g/mol. The molecule has 1 fully saturated rings. The average molecular weight is 325 g/mol. The molecule has 1 heterocycles. The third-order valence-corrected chi connectivity index (χ3v) is 6.35. The van der Waals surface area contributed by atoms with Crippen LogP contribution in [-0.2, 0) is 14.8 Å². The lowest BCUT2D eigenvalue weighted by Gasteiger charge is -2.30. The number of ether oxygens (including phenoxy) is 1. The van der Waals surface area contributed by atoms with E-state index in [4.69, 9.17) is 4.74 Å². The lowest BCUT2D eigenvalue weighted by molar-refractivity contribution is -0.121. The van der Waals surface area contributed by atoms with E-state index in [0.29, 0.717) is 31.7 Å². The molecule has 0 atom stereocenters. The van der Waals surface area contributed by atoms with E-state index < -0.39 is 10.0 Å².